The van der Waals surface area contributed by atoms with Gasteiger partial charge in [0.2, 0.25) is 0 Å². The molecule has 0 aromatic heterocycles. The smallest absolute Gasteiger partial charge is 0.256 e. The highest BCUT2D eigenvalue weighted by molar-refractivity contribution is 5.80. The summed E-state index contributed by atoms with van der Waals surface area (Å²) < 4.78 is 11.8. The lowest BCUT2D eigenvalue weighted by atomic mass is 10.0. The number of unbranched alkanes of at least 4 members (excludes halogenated alkanes) is 13. The van der Waals surface area contributed by atoms with Crippen LogP contribution in [-0.2, 0) is 4.79 Å². The maximum absolute atomic E-state index is 11.8. The van der Waals surface area contributed by atoms with Crippen molar-refractivity contribution in [1.29, 1.82) is 0 Å². The zero-order chi connectivity index (χ0) is 14.9. The second-order valence-electron chi connectivity index (χ2n) is 5.74. The van der Waals surface area contributed by atoms with Crippen LogP contribution in [0.1, 0.15) is 96.8 Å². The Morgan fingerprint density at radius 3 is 1.55 bits per heavy atom. The van der Waals surface area contributed by atoms with Crippen LogP contribution < -0.4 is 0 Å². The van der Waals surface area contributed by atoms with Crippen molar-refractivity contribution < 1.29 is 9.18 Å². The molecule has 0 aliphatic carbocycles. The fraction of sp³-hybridized carbons (Fsp3) is 0.833. The van der Waals surface area contributed by atoms with E-state index in [2.05, 4.69) is 6.92 Å². The van der Waals surface area contributed by atoms with Gasteiger partial charge in [0.25, 0.3) is 0 Å². The van der Waals surface area contributed by atoms with Crippen molar-refractivity contribution in [3.8, 4) is 0 Å². The minimum absolute atomic E-state index is 0.827. The van der Waals surface area contributed by atoms with Crippen LogP contribution in [0.3, 0.4) is 0 Å². The van der Waals surface area contributed by atoms with E-state index in [0.717, 1.165) is 18.9 Å². The molecule has 0 aromatic carbocycles. The molecule has 118 valence electrons. The number of allylic oxidation sites excluding steroid dienone is 2. The van der Waals surface area contributed by atoms with Crippen molar-refractivity contribution in [3.05, 3.63) is 12.2 Å². The maximum Gasteiger partial charge on any atom is 0.324 e. The molecule has 0 N–H and O–H groups in total. The van der Waals surface area contributed by atoms with Crippen LogP contribution in [-0.4, -0.2) is 6.04 Å². The predicted molar refractivity (Wildman–Crippen MR) is 85.6 cm³/mol. The van der Waals surface area contributed by atoms with E-state index in [1.165, 1.54) is 77.0 Å². The van der Waals surface area contributed by atoms with E-state index in [1.54, 1.807) is 6.08 Å². The lowest BCUT2D eigenvalue weighted by Crippen LogP contribution is -1.83. The van der Waals surface area contributed by atoms with Crippen LogP contribution in [0.4, 0.5) is 4.39 Å². The first-order valence-electron chi connectivity index (χ1n) is 8.63. The van der Waals surface area contributed by atoms with Crippen molar-refractivity contribution >= 4 is 6.04 Å². The van der Waals surface area contributed by atoms with Gasteiger partial charge >= 0.3 is 6.04 Å². The largest absolute Gasteiger partial charge is 0.324 e. The van der Waals surface area contributed by atoms with Crippen molar-refractivity contribution in [1.82, 2.24) is 0 Å². The van der Waals surface area contributed by atoms with Crippen LogP contribution in [0, 0.1) is 0 Å². The van der Waals surface area contributed by atoms with Gasteiger partial charge in [-0.2, -0.15) is 4.39 Å². The minimum atomic E-state index is -1.33. The van der Waals surface area contributed by atoms with Gasteiger partial charge in [0, 0.05) is 6.08 Å². The Hall–Kier alpha value is -0.660. The molecule has 0 bridgehead atoms. The second kappa shape index (κ2) is 16.4. The highest BCUT2D eigenvalue weighted by atomic mass is 19.1. The molecule has 20 heavy (non-hydrogen) atoms. The molecule has 0 atom stereocenters. The third-order valence-corrected chi connectivity index (χ3v) is 3.72. The summed E-state index contributed by atoms with van der Waals surface area (Å²) in [4.78, 5) is 10.0. The lowest BCUT2D eigenvalue weighted by Gasteiger charge is -2.02. The average molecular weight is 284 g/mol. The van der Waals surface area contributed by atoms with E-state index in [0.29, 0.717) is 0 Å². The number of hydrogen-bond donors (Lipinski definition) is 0. The zero-order valence-electron chi connectivity index (χ0n) is 13.3. The van der Waals surface area contributed by atoms with Crippen LogP contribution in [0.5, 0.6) is 0 Å². The molecule has 0 unspecified atom stereocenters. The average Bonchev–Trinajstić information content (AvgIpc) is 2.43. The number of hydrogen-bond acceptors (Lipinski definition) is 1. The second-order valence-corrected chi connectivity index (χ2v) is 5.74. The molecule has 0 rings (SSSR count). The van der Waals surface area contributed by atoms with Crippen LogP contribution >= 0.6 is 0 Å². The molecule has 0 saturated carbocycles. The summed E-state index contributed by atoms with van der Waals surface area (Å²) in [6.45, 7) is 2.26. The molecule has 0 fully saturated rings. The van der Waals surface area contributed by atoms with E-state index in [4.69, 9.17) is 0 Å². The van der Waals surface area contributed by atoms with Gasteiger partial charge in [-0.25, -0.2) is 0 Å². The predicted octanol–water partition coefficient (Wildman–Crippen LogP) is 6.52. The van der Waals surface area contributed by atoms with Gasteiger partial charge in [-0.05, 0) is 12.8 Å². The summed E-state index contributed by atoms with van der Waals surface area (Å²) in [5.74, 6) is 0. The van der Waals surface area contributed by atoms with Crippen molar-refractivity contribution in [2.75, 3.05) is 0 Å². The first-order valence-corrected chi connectivity index (χ1v) is 8.63. The molecule has 0 radical (unpaired) electrons. The Labute approximate surface area is 125 Å². The van der Waals surface area contributed by atoms with Crippen LogP contribution in [0.2, 0.25) is 0 Å². The van der Waals surface area contributed by atoms with Crippen molar-refractivity contribution in [3.63, 3.8) is 0 Å². The molecule has 0 saturated heterocycles. The quantitative estimate of drug-likeness (QED) is 0.190. The molecule has 0 aromatic rings. The van der Waals surface area contributed by atoms with E-state index in [1.807, 2.05) is 0 Å². The first kappa shape index (κ1) is 19.3. The fourth-order valence-corrected chi connectivity index (χ4v) is 2.46. The first-order chi connectivity index (χ1) is 9.77. The molecule has 2 heteroatoms. The number of halogens is 1. The molecular weight excluding hydrogens is 251 g/mol. The Balaban J connectivity index is 3.01. The third-order valence-electron chi connectivity index (χ3n) is 3.72. The van der Waals surface area contributed by atoms with Crippen LogP contribution in [0.25, 0.3) is 0 Å². The van der Waals surface area contributed by atoms with E-state index in [-0.39, 0.29) is 0 Å². The van der Waals surface area contributed by atoms with Gasteiger partial charge in [-0.3, -0.25) is 4.79 Å². The molecular formula is C18H33FO. The Morgan fingerprint density at radius 1 is 0.750 bits per heavy atom. The molecule has 0 heterocycles. The summed E-state index contributed by atoms with van der Waals surface area (Å²) in [6.07, 6.45) is 20.9. The highest BCUT2D eigenvalue weighted by Gasteiger charge is 1.93. The monoisotopic (exact) mass is 284 g/mol. The molecule has 0 amide bonds. The molecule has 0 aliphatic rings. The summed E-state index contributed by atoms with van der Waals surface area (Å²) >= 11 is 0. The van der Waals surface area contributed by atoms with E-state index >= 15 is 0 Å². The van der Waals surface area contributed by atoms with Gasteiger partial charge in [0.05, 0.1) is 0 Å². The van der Waals surface area contributed by atoms with Crippen molar-refractivity contribution in [2.45, 2.75) is 96.8 Å². The number of rotatable bonds is 15. The summed E-state index contributed by atoms with van der Waals surface area (Å²) in [5.41, 5.74) is 0. The Bertz CT molecular complexity index is 236. The topological polar surface area (TPSA) is 17.1 Å². The van der Waals surface area contributed by atoms with Gasteiger partial charge in [-0.15, -0.1) is 0 Å². The van der Waals surface area contributed by atoms with Gasteiger partial charge in [0.1, 0.15) is 0 Å². The van der Waals surface area contributed by atoms with Crippen molar-refractivity contribution in [2.24, 2.45) is 0 Å². The lowest BCUT2D eigenvalue weighted by molar-refractivity contribution is -0.124. The SMILES string of the molecule is CCCCCCCCCCCCCCC/C=C/C(=O)F. The van der Waals surface area contributed by atoms with E-state index < -0.39 is 6.04 Å². The normalized spacial score (nSPS) is 11.3. The zero-order valence-corrected chi connectivity index (χ0v) is 13.3. The number of carbonyl (C=O) groups excluding carboxylic acids is 1. The summed E-state index contributed by atoms with van der Waals surface area (Å²) in [7, 11) is 0. The van der Waals surface area contributed by atoms with Gasteiger partial charge in [-0.1, -0.05) is 90.0 Å². The standard InChI is InChI=1S/C18H33FO/c1-2-3-4-5-6-7-8-9-10-11-12-13-14-15-16-17-18(19)20/h16-17H,2-15H2,1H3/b17-16+. The third kappa shape index (κ3) is 17.3. The Kier molecular flexibility index (Phi) is 15.9. The fourth-order valence-electron chi connectivity index (χ4n) is 2.46. The molecule has 0 aliphatic heterocycles. The van der Waals surface area contributed by atoms with E-state index in [9.17, 15) is 9.18 Å². The highest BCUT2D eigenvalue weighted by Crippen LogP contribution is 2.12. The minimum Gasteiger partial charge on any atom is -0.256 e. The molecule has 1 nitrogen and oxygen atoms in total. The molecule has 0 spiro atoms. The van der Waals surface area contributed by atoms with Crippen LogP contribution in [0.15, 0.2) is 12.2 Å². The Morgan fingerprint density at radius 2 is 1.15 bits per heavy atom. The summed E-state index contributed by atoms with van der Waals surface area (Å²) in [6, 6.07) is -1.33. The number of carbonyl (C=O) groups is 1. The maximum atomic E-state index is 11.8. The van der Waals surface area contributed by atoms with Gasteiger partial charge < -0.3 is 0 Å². The van der Waals surface area contributed by atoms with Gasteiger partial charge in [0.15, 0.2) is 0 Å². The summed E-state index contributed by atoms with van der Waals surface area (Å²) in [5, 5.41) is 0.